The van der Waals surface area contributed by atoms with E-state index in [1.807, 2.05) is 0 Å². The molecule has 0 saturated carbocycles. The quantitative estimate of drug-likeness (QED) is 0.857. The molecule has 1 aromatic carbocycles. The lowest BCUT2D eigenvalue weighted by molar-refractivity contribution is -0.132. The van der Waals surface area contributed by atoms with Gasteiger partial charge in [0.05, 0.1) is 6.61 Å². The highest BCUT2D eigenvalue weighted by atomic mass is 35.5. The maximum absolute atomic E-state index is 12.7. The van der Waals surface area contributed by atoms with Crippen LogP contribution in [0.2, 0.25) is 0 Å². The van der Waals surface area contributed by atoms with Crippen LogP contribution in [0.3, 0.4) is 0 Å². The Morgan fingerprint density at radius 3 is 2.53 bits per heavy atom. The van der Waals surface area contributed by atoms with Crippen molar-refractivity contribution in [3.8, 4) is 0 Å². The Hall–Kier alpha value is -1.17. The van der Waals surface area contributed by atoms with Crippen LogP contribution in [0.25, 0.3) is 0 Å². The van der Waals surface area contributed by atoms with Gasteiger partial charge in [-0.15, -0.1) is 12.4 Å². The molecule has 4 nitrogen and oxygen atoms in total. The summed E-state index contributed by atoms with van der Waals surface area (Å²) in [5.74, 6) is -0.413. The average Bonchev–Trinajstić information content (AvgIpc) is 2.37. The summed E-state index contributed by atoms with van der Waals surface area (Å²) in [5, 5.41) is 0. The van der Waals surface area contributed by atoms with Gasteiger partial charge in [-0.1, -0.05) is 12.1 Å². The van der Waals surface area contributed by atoms with Crippen LogP contribution in [0.4, 0.5) is 4.39 Å². The van der Waals surface area contributed by atoms with E-state index in [0.29, 0.717) is 13.0 Å². The van der Waals surface area contributed by atoms with E-state index in [1.54, 1.807) is 24.1 Å². The van der Waals surface area contributed by atoms with E-state index in [9.17, 15) is 9.18 Å². The van der Waals surface area contributed by atoms with Gasteiger partial charge in [-0.25, -0.2) is 4.39 Å². The standard InChI is InChI=1S/C13H19FN2O2.ClH/c1-16(13(17)12(15)9-18-2)8-7-10-3-5-11(14)6-4-10;/h3-6,12H,7-9,15H2,1-2H3;1H. The molecule has 19 heavy (non-hydrogen) atoms. The first-order valence-electron chi connectivity index (χ1n) is 5.78. The zero-order chi connectivity index (χ0) is 13.5. The van der Waals surface area contributed by atoms with Crippen molar-refractivity contribution < 1.29 is 13.9 Å². The Bertz CT molecular complexity index is 387. The monoisotopic (exact) mass is 290 g/mol. The number of benzene rings is 1. The molecule has 0 saturated heterocycles. The van der Waals surface area contributed by atoms with Gasteiger partial charge >= 0.3 is 0 Å². The Morgan fingerprint density at radius 1 is 1.42 bits per heavy atom. The van der Waals surface area contributed by atoms with Crippen molar-refractivity contribution in [2.45, 2.75) is 12.5 Å². The van der Waals surface area contributed by atoms with Crippen LogP contribution in [0.1, 0.15) is 5.56 Å². The summed E-state index contributed by atoms with van der Waals surface area (Å²) in [6.07, 6.45) is 0.669. The molecule has 1 amide bonds. The zero-order valence-electron chi connectivity index (χ0n) is 11.1. The van der Waals surface area contributed by atoms with Crippen LogP contribution in [-0.2, 0) is 16.0 Å². The molecule has 0 bridgehead atoms. The van der Waals surface area contributed by atoms with E-state index in [-0.39, 0.29) is 30.7 Å². The lowest BCUT2D eigenvalue weighted by Gasteiger charge is -2.20. The highest BCUT2D eigenvalue weighted by Gasteiger charge is 2.17. The van der Waals surface area contributed by atoms with Crippen molar-refractivity contribution >= 4 is 18.3 Å². The summed E-state index contributed by atoms with van der Waals surface area (Å²) in [4.78, 5) is 13.3. The Kier molecular flexibility index (Phi) is 8.30. The van der Waals surface area contributed by atoms with E-state index in [1.165, 1.54) is 19.2 Å². The minimum Gasteiger partial charge on any atom is -0.383 e. The number of hydrogen-bond donors (Lipinski definition) is 1. The first-order chi connectivity index (χ1) is 8.54. The Labute approximate surface area is 119 Å². The molecule has 0 radical (unpaired) electrons. The van der Waals surface area contributed by atoms with Crippen molar-refractivity contribution in [2.75, 3.05) is 27.3 Å². The fourth-order valence-electron chi connectivity index (χ4n) is 1.59. The molecule has 6 heteroatoms. The summed E-state index contributed by atoms with van der Waals surface area (Å²) in [6.45, 7) is 0.752. The van der Waals surface area contributed by atoms with Gasteiger partial charge in [-0.2, -0.15) is 0 Å². The molecular formula is C13H20ClFN2O2. The first-order valence-corrected chi connectivity index (χ1v) is 5.78. The maximum Gasteiger partial charge on any atom is 0.241 e. The van der Waals surface area contributed by atoms with Crippen molar-refractivity contribution in [3.63, 3.8) is 0 Å². The largest absolute Gasteiger partial charge is 0.383 e. The number of nitrogens with zero attached hydrogens (tertiary/aromatic N) is 1. The van der Waals surface area contributed by atoms with E-state index in [2.05, 4.69) is 0 Å². The number of carbonyl (C=O) groups is 1. The maximum atomic E-state index is 12.7. The lowest BCUT2D eigenvalue weighted by Crippen LogP contribution is -2.45. The minimum absolute atomic E-state index is 0. The number of carbonyl (C=O) groups excluding carboxylic acids is 1. The molecule has 2 N–H and O–H groups in total. The molecule has 1 unspecified atom stereocenters. The van der Waals surface area contributed by atoms with Crippen molar-refractivity contribution in [2.24, 2.45) is 5.73 Å². The summed E-state index contributed by atoms with van der Waals surface area (Å²) in [5.41, 5.74) is 6.63. The second-order valence-electron chi connectivity index (χ2n) is 4.20. The number of hydrogen-bond acceptors (Lipinski definition) is 3. The van der Waals surface area contributed by atoms with Crippen LogP contribution in [0, 0.1) is 5.82 Å². The molecule has 108 valence electrons. The third-order valence-corrected chi connectivity index (χ3v) is 2.69. The topological polar surface area (TPSA) is 55.6 Å². The molecule has 0 spiro atoms. The summed E-state index contributed by atoms with van der Waals surface area (Å²) >= 11 is 0. The molecule has 0 aliphatic carbocycles. The molecule has 0 aromatic heterocycles. The third-order valence-electron chi connectivity index (χ3n) is 2.69. The van der Waals surface area contributed by atoms with E-state index < -0.39 is 6.04 Å². The van der Waals surface area contributed by atoms with Gasteiger partial charge in [0.15, 0.2) is 0 Å². The Balaban J connectivity index is 0.00000324. The first kappa shape index (κ1) is 17.8. The number of likely N-dealkylation sites (N-methyl/N-ethyl adjacent to an activating group) is 1. The van der Waals surface area contributed by atoms with Gasteiger partial charge < -0.3 is 15.4 Å². The van der Waals surface area contributed by atoms with Gasteiger partial charge in [-0.3, -0.25) is 4.79 Å². The smallest absolute Gasteiger partial charge is 0.241 e. The van der Waals surface area contributed by atoms with Gasteiger partial charge in [0.1, 0.15) is 11.9 Å². The predicted octanol–water partition coefficient (Wildman–Crippen LogP) is 1.22. The normalized spacial score (nSPS) is 11.6. The molecule has 0 fully saturated rings. The van der Waals surface area contributed by atoms with Crippen LogP contribution in [0.5, 0.6) is 0 Å². The fourth-order valence-corrected chi connectivity index (χ4v) is 1.59. The molecule has 0 aliphatic heterocycles. The lowest BCUT2D eigenvalue weighted by atomic mass is 10.1. The van der Waals surface area contributed by atoms with Crippen LogP contribution in [-0.4, -0.2) is 44.2 Å². The molecule has 1 rings (SSSR count). The highest BCUT2D eigenvalue weighted by Crippen LogP contribution is 2.04. The minimum atomic E-state index is -0.631. The Morgan fingerprint density at radius 2 is 2.00 bits per heavy atom. The summed E-state index contributed by atoms with van der Waals surface area (Å²) in [6, 6.07) is 5.61. The molecular weight excluding hydrogens is 271 g/mol. The van der Waals surface area contributed by atoms with Gasteiger partial charge in [0, 0.05) is 20.7 Å². The van der Waals surface area contributed by atoms with Gasteiger partial charge in [0.25, 0.3) is 0 Å². The van der Waals surface area contributed by atoms with Crippen LogP contribution in [0.15, 0.2) is 24.3 Å². The third kappa shape index (κ3) is 6.00. The molecule has 0 heterocycles. The predicted molar refractivity (Wildman–Crippen MR) is 74.8 cm³/mol. The van der Waals surface area contributed by atoms with Gasteiger partial charge in [0.2, 0.25) is 5.91 Å². The van der Waals surface area contributed by atoms with E-state index in [0.717, 1.165) is 5.56 Å². The number of amides is 1. The van der Waals surface area contributed by atoms with Crippen molar-refractivity contribution in [1.82, 2.24) is 4.90 Å². The van der Waals surface area contributed by atoms with Crippen molar-refractivity contribution in [3.05, 3.63) is 35.6 Å². The van der Waals surface area contributed by atoms with E-state index >= 15 is 0 Å². The molecule has 1 atom stereocenters. The van der Waals surface area contributed by atoms with Crippen LogP contribution < -0.4 is 5.73 Å². The number of nitrogens with two attached hydrogens (primary N) is 1. The van der Waals surface area contributed by atoms with E-state index in [4.69, 9.17) is 10.5 Å². The van der Waals surface area contributed by atoms with Crippen LogP contribution >= 0.6 is 12.4 Å². The number of rotatable bonds is 6. The molecule has 1 aromatic rings. The number of halogens is 2. The van der Waals surface area contributed by atoms with Gasteiger partial charge in [-0.05, 0) is 24.1 Å². The highest BCUT2D eigenvalue weighted by molar-refractivity contribution is 5.85. The zero-order valence-corrected chi connectivity index (χ0v) is 12.0. The summed E-state index contributed by atoms with van der Waals surface area (Å²) in [7, 11) is 3.20. The van der Waals surface area contributed by atoms with Crippen molar-refractivity contribution in [1.29, 1.82) is 0 Å². The average molecular weight is 291 g/mol. The number of methoxy groups -OCH3 is 1. The molecule has 0 aliphatic rings. The second-order valence-corrected chi connectivity index (χ2v) is 4.20. The summed E-state index contributed by atoms with van der Waals surface area (Å²) < 4.78 is 17.5. The fraction of sp³-hybridized carbons (Fsp3) is 0.462. The number of ether oxygens (including phenoxy) is 1. The second kappa shape index (κ2) is 8.85. The SMILES string of the molecule is COCC(N)C(=O)N(C)CCc1ccc(F)cc1.Cl.